The first kappa shape index (κ1) is 17.7. The Morgan fingerprint density at radius 3 is 2.62 bits per heavy atom. The Morgan fingerprint density at radius 1 is 1.17 bits per heavy atom. The Bertz CT molecular complexity index is 691. The minimum Gasteiger partial charge on any atom is -0.496 e. The van der Waals surface area contributed by atoms with Gasteiger partial charge in [-0.15, -0.1) is 0 Å². The second-order valence-electron chi connectivity index (χ2n) is 5.23. The summed E-state index contributed by atoms with van der Waals surface area (Å²) in [5.41, 5.74) is 1.46. The van der Waals surface area contributed by atoms with Crippen LogP contribution in [0, 0.1) is 0 Å². The lowest BCUT2D eigenvalue weighted by molar-refractivity contribution is -0.121. The highest BCUT2D eigenvalue weighted by molar-refractivity contribution is 5.79. The highest BCUT2D eigenvalue weighted by Gasteiger charge is 2.13. The molecule has 0 saturated carbocycles. The molecule has 0 aliphatic heterocycles. The van der Waals surface area contributed by atoms with Crippen LogP contribution in [0.3, 0.4) is 0 Å². The number of hydrogen-bond donors (Lipinski definition) is 1. The van der Waals surface area contributed by atoms with Crippen molar-refractivity contribution in [1.29, 1.82) is 0 Å². The van der Waals surface area contributed by atoms with Crippen LogP contribution in [0.25, 0.3) is 0 Å². The molecule has 2 rings (SSSR count). The fourth-order valence-electron chi connectivity index (χ4n) is 2.36. The van der Waals surface area contributed by atoms with Crippen LogP contribution < -0.4 is 14.8 Å². The molecule has 1 unspecified atom stereocenters. The number of rotatable bonds is 7. The summed E-state index contributed by atoms with van der Waals surface area (Å²) in [6.45, 7) is -1.10. The molecular formula is C18H19F2NO3. The average molecular weight is 335 g/mol. The number of amides is 1. The Hall–Kier alpha value is -2.63. The molecule has 24 heavy (non-hydrogen) atoms. The third kappa shape index (κ3) is 4.94. The number of benzene rings is 2. The molecule has 0 heterocycles. The summed E-state index contributed by atoms with van der Waals surface area (Å²) in [4.78, 5) is 12.2. The molecule has 0 aliphatic rings. The van der Waals surface area contributed by atoms with Crippen LogP contribution in [0.5, 0.6) is 11.5 Å². The van der Waals surface area contributed by atoms with Crippen molar-refractivity contribution < 1.29 is 23.0 Å². The standard InChI is InChI=1S/C18H19F2NO3/c1-12(13-7-5-8-15(10-13)24-18(19)20)21-17(22)11-14-6-3-4-9-16(14)23-2/h3-10,12,18H,11H2,1-2H3,(H,21,22). The number of carbonyl (C=O) groups is 1. The van der Waals surface area contributed by atoms with Gasteiger partial charge in [0.2, 0.25) is 5.91 Å². The van der Waals surface area contributed by atoms with E-state index in [-0.39, 0.29) is 24.1 Å². The van der Waals surface area contributed by atoms with E-state index in [9.17, 15) is 13.6 Å². The van der Waals surface area contributed by atoms with Gasteiger partial charge in [0.1, 0.15) is 11.5 Å². The van der Waals surface area contributed by atoms with Crippen molar-refractivity contribution in [3.63, 3.8) is 0 Å². The molecule has 1 atom stereocenters. The number of carbonyl (C=O) groups excluding carboxylic acids is 1. The first-order valence-electron chi connectivity index (χ1n) is 7.45. The molecule has 128 valence electrons. The lowest BCUT2D eigenvalue weighted by atomic mass is 10.1. The van der Waals surface area contributed by atoms with Gasteiger partial charge in [0.25, 0.3) is 0 Å². The van der Waals surface area contributed by atoms with Gasteiger partial charge < -0.3 is 14.8 Å². The molecule has 0 aromatic heterocycles. The molecule has 0 bridgehead atoms. The lowest BCUT2D eigenvalue weighted by Crippen LogP contribution is -2.28. The van der Waals surface area contributed by atoms with Crippen molar-refractivity contribution in [2.45, 2.75) is 26.0 Å². The molecule has 0 fully saturated rings. The second-order valence-corrected chi connectivity index (χ2v) is 5.23. The maximum Gasteiger partial charge on any atom is 0.387 e. The molecule has 2 aromatic rings. The maximum atomic E-state index is 12.3. The Labute approximate surface area is 139 Å². The number of alkyl halides is 2. The Kier molecular flexibility index (Phi) is 6.12. The molecule has 0 saturated heterocycles. The fourth-order valence-corrected chi connectivity index (χ4v) is 2.36. The number of nitrogens with one attached hydrogen (secondary N) is 1. The summed E-state index contributed by atoms with van der Waals surface area (Å²) >= 11 is 0. The molecular weight excluding hydrogens is 316 g/mol. The Balaban J connectivity index is 2.01. The smallest absolute Gasteiger partial charge is 0.387 e. The molecule has 6 heteroatoms. The third-order valence-corrected chi connectivity index (χ3v) is 3.50. The predicted molar refractivity (Wildman–Crippen MR) is 86.3 cm³/mol. The molecule has 4 nitrogen and oxygen atoms in total. The van der Waals surface area contributed by atoms with Crippen LogP contribution in [0.1, 0.15) is 24.1 Å². The summed E-state index contributed by atoms with van der Waals surface area (Å²) in [6, 6.07) is 13.2. The van der Waals surface area contributed by atoms with E-state index in [2.05, 4.69) is 10.1 Å². The number of halogens is 2. The zero-order chi connectivity index (χ0) is 17.5. The van der Waals surface area contributed by atoms with Crippen LogP contribution in [0.4, 0.5) is 8.78 Å². The topological polar surface area (TPSA) is 47.6 Å². The summed E-state index contributed by atoms with van der Waals surface area (Å²) in [5.74, 6) is 0.521. The van der Waals surface area contributed by atoms with Gasteiger partial charge in [-0.25, -0.2) is 0 Å². The molecule has 1 N–H and O–H groups in total. The van der Waals surface area contributed by atoms with Crippen molar-refractivity contribution in [1.82, 2.24) is 5.32 Å². The number of para-hydroxylation sites is 1. The predicted octanol–water partition coefficient (Wildman–Crippen LogP) is 3.72. The number of ether oxygens (including phenoxy) is 2. The molecule has 1 amide bonds. The van der Waals surface area contributed by atoms with E-state index in [0.717, 1.165) is 5.56 Å². The third-order valence-electron chi connectivity index (χ3n) is 3.50. The second kappa shape index (κ2) is 8.29. The summed E-state index contributed by atoms with van der Waals surface area (Å²) in [6.07, 6.45) is 0.168. The molecule has 2 aromatic carbocycles. The number of hydrogen-bond acceptors (Lipinski definition) is 3. The molecule has 0 aliphatic carbocycles. The van der Waals surface area contributed by atoms with Crippen LogP contribution in [-0.4, -0.2) is 19.6 Å². The van der Waals surface area contributed by atoms with Crippen molar-refractivity contribution in [2.75, 3.05) is 7.11 Å². The summed E-state index contributed by atoms with van der Waals surface area (Å²) in [7, 11) is 1.55. The van der Waals surface area contributed by atoms with Gasteiger partial charge in [0.15, 0.2) is 0 Å². The Morgan fingerprint density at radius 2 is 1.92 bits per heavy atom. The van der Waals surface area contributed by atoms with Gasteiger partial charge in [-0.3, -0.25) is 4.79 Å². The van der Waals surface area contributed by atoms with Crippen LogP contribution in [-0.2, 0) is 11.2 Å². The quantitative estimate of drug-likeness (QED) is 0.839. The largest absolute Gasteiger partial charge is 0.496 e. The zero-order valence-corrected chi connectivity index (χ0v) is 13.5. The monoisotopic (exact) mass is 335 g/mol. The van der Waals surface area contributed by atoms with Gasteiger partial charge in [-0.05, 0) is 30.7 Å². The van der Waals surface area contributed by atoms with Crippen molar-refractivity contribution in [3.8, 4) is 11.5 Å². The van der Waals surface area contributed by atoms with E-state index in [4.69, 9.17) is 4.74 Å². The van der Waals surface area contributed by atoms with Gasteiger partial charge in [0, 0.05) is 5.56 Å². The van der Waals surface area contributed by atoms with Gasteiger partial charge >= 0.3 is 6.61 Å². The van der Waals surface area contributed by atoms with Crippen LogP contribution >= 0.6 is 0 Å². The average Bonchev–Trinajstić information content (AvgIpc) is 2.55. The number of methoxy groups -OCH3 is 1. The molecule has 0 radical (unpaired) electrons. The fraction of sp³-hybridized carbons (Fsp3) is 0.278. The minimum absolute atomic E-state index is 0.0633. The van der Waals surface area contributed by atoms with Crippen molar-refractivity contribution in [2.24, 2.45) is 0 Å². The first-order valence-corrected chi connectivity index (χ1v) is 7.45. The van der Waals surface area contributed by atoms with Gasteiger partial charge in [-0.2, -0.15) is 8.78 Å². The minimum atomic E-state index is -2.88. The van der Waals surface area contributed by atoms with Crippen molar-refractivity contribution in [3.05, 3.63) is 59.7 Å². The zero-order valence-electron chi connectivity index (χ0n) is 13.5. The first-order chi connectivity index (χ1) is 11.5. The summed E-state index contributed by atoms with van der Waals surface area (Å²) < 4.78 is 34.1. The SMILES string of the molecule is COc1ccccc1CC(=O)NC(C)c1cccc(OC(F)F)c1. The maximum absolute atomic E-state index is 12.3. The van der Waals surface area contributed by atoms with E-state index in [0.29, 0.717) is 11.3 Å². The summed E-state index contributed by atoms with van der Waals surface area (Å²) in [5, 5.41) is 2.84. The normalized spacial score (nSPS) is 11.9. The van der Waals surface area contributed by atoms with E-state index in [1.165, 1.54) is 12.1 Å². The van der Waals surface area contributed by atoms with E-state index >= 15 is 0 Å². The van der Waals surface area contributed by atoms with Crippen molar-refractivity contribution >= 4 is 5.91 Å². The highest BCUT2D eigenvalue weighted by atomic mass is 19.3. The van der Waals surface area contributed by atoms with Gasteiger partial charge in [0.05, 0.1) is 19.6 Å². The lowest BCUT2D eigenvalue weighted by Gasteiger charge is -2.16. The highest BCUT2D eigenvalue weighted by Crippen LogP contribution is 2.22. The van der Waals surface area contributed by atoms with E-state index < -0.39 is 6.61 Å². The van der Waals surface area contributed by atoms with E-state index in [1.54, 1.807) is 32.2 Å². The van der Waals surface area contributed by atoms with Gasteiger partial charge in [-0.1, -0.05) is 30.3 Å². The van der Waals surface area contributed by atoms with Crippen LogP contribution in [0.15, 0.2) is 48.5 Å². The van der Waals surface area contributed by atoms with E-state index in [1.807, 2.05) is 18.2 Å². The molecule has 0 spiro atoms. The van der Waals surface area contributed by atoms with Crippen LogP contribution in [0.2, 0.25) is 0 Å².